The van der Waals surface area contributed by atoms with Gasteiger partial charge < -0.3 is 20.1 Å². The molecule has 1 aliphatic carbocycles. The van der Waals surface area contributed by atoms with Crippen LogP contribution >= 0.6 is 0 Å². The number of hydrogen-bond donors (Lipinski definition) is 2. The van der Waals surface area contributed by atoms with Crippen LogP contribution in [0.25, 0.3) is 0 Å². The Morgan fingerprint density at radius 2 is 1.64 bits per heavy atom. The molecule has 0 bridgehead atoms. The van der Waals surface area contributed by atoms with Crippen LogP contribution in [-0.4, -0.2) is 33.5 Å². The van der Waals surface area contributed by atoms with Crippen LogP contribution in [0.1, 0.15) is 67.2 Å². The summed E-state index contributed by atoms with van der Waals surface area (Å²) in [4.78, 5) is 25.5. The molecule has 3 atom stereocenters. The van der Waals surface area contributed by atoms with E-state index in [9.17, 15) is 24.9 Å². The van der Waals surface area contributed by atoms with E-state index in [4.69, 9.17) is 0 Å². The highest BCUT2D eigenvalue weighted by Crippen LogP contribution is 2.41. The summed E-state index contributed by atoms with van der Waals surface area (Å²) in [6.07, 6.45) is 0.176. The molecule has 144 valence electrons. The maximum absolute atomic E-state index is 13.4. The molecule has 0 amide bonds. The lowest BCUT2D eigenvalue weighted by atomic mass is 9.79. The van der Waals surface area contributed by atoms with Crippen molar-refractivity contribution in [2.45, 2.75) is 78.9 Å². The fourth-order valence-corrected chi connectivity index (χ4v) is 3.24. The Bertz CT molecular complexity index is 532. The van der Waals surface area contributed by atoms with E-state index in [0.717, 1.165) is 0 Å². The fourth-order valence-electron chi connectivity index (χ4n) is 3.24. The van der Waals surface area contributed by atoms with E-state index >= 15 is 0 Å². The van der Waals surface area contributed by atoms with Crippen LogP contribution in [0, 0.1) is 23.7 Å². The van der Waals surface area contributed by atoms with Crippen molar-refractivity contribution in [3.05, 3.63) is 11.3 Å². The molecule has 5 nitrogen and oxygen atoms in total. The molecule has 1 rings (SSSR count). The maximum atomic E-state index is 13.4. The minimum Gasteiger partial charge on any atom is -0.838 e. The number of ketones is 2. The van der Waals surface area contributed by atoms with Gasteiger partial charge in [0.25, 0.3) is 0 Å². The quantitative estimate of drug-likeness (QED) is 0.664. The van der Waals surface area contributed by atoms with Crippen LogP contribution in [0.5, 0.6) is 0 Å². The van der Waals surface area contributed by atoms with Crippen molar-refractivity contribution < 1.29 is 24.9 Å². The number of Topliss-reactive ketones (excluding diaryl/α,β-unsaturated/α-hetero) is 2. The Labute approximate surface area is 151 Å². The number of carbonyl (C=O) groups excluding carboxylic acids is 2. The monoisotopic (exact) mass is 353 g/mol. The lowest BCUT2D eigenvalue weighted by Crippen LogP contribution is -2.57. The van der Waals surface area contributed by atoms with E-state index in [0.29, 0.717) is 12.8 Å². The average molecular weight is 353 g/mol. The standard InChI is InChI=1S/C20H33O5/c1-11(2)7-9-14-18(23)16(17(22)13(5)6)19(24)20(14,25)15(21)10-8-12(3)4/h11-14,17,22,24H,7-10H2,1-6H3/q-1. The van der Waals surface area contributed by atoms with Crippen LogP contribution < -0.4 is 5.11 Å². The van der Waals surface area contributed by atoms with Crippen LogP contribution in [0.4, 0.5) is 0 Å². The van der Waals surface area contributed by atoms with Gasteiger partial charge in [-0.2, -0.15) is 0 Å². The Balaban J connectivity index is 3.27. The van der Waals surface area contributed by atoms with E-state index in [1.54, 1.807) is 13.8 Å². The van der Waals surface area contributed by atoms with Crippen LogP contribution in [-0.2, 0) is 9.59 Å². The van der Waals surface area contributed by atoms with E-state index in [1.807, 2.05) is 27.7 Å². The second-order valence-corrected chi connectivity index (χ2v) is 8.43. The largest absolute Gasteiger partial charge is 0.838 e. The number of carbonyl (C=O) groups is 2. The number of hydrogen-bond acceptors (Lipinski definition) is 5. The summed E-state index contributed by atoms with van der Waals surface area (Å²) in [6.45, 7) is 11.3. The molecule has 0 aromatic carbocycles. The zero-order valence-corrected chi connectivity index (χ0v) is 16.3. The number of rotatable bonds is 9. The van der Waals surface area contributed by atoms with Crippen LogP contribution in [0.2, 0.25) is 0 Å². The molecule has 5 heteroatoms. The summed E-state index contributed by atoms with van der Waals surface area (Å²) >= 11 is 0. The smallest absolute Gasteiger partial charge is 0.167 e. The lowest BCUT2D eigenvalue weighted by molar-refractivity contribution is -0.458. The predicted molar refractivity (Wildman–Crippen MR) is 94.9 cm³/mol. The zero-order chi connectivity index (χ0) is 19.5. The molecule has 0 fully saturated rings. The maximum Gasteiger partial charge on any atom is 0.167 e. The molecule has 0 saturated carbocycles. The summed E-state index contributed by atoms with van der Waals surface area (Å²) in [6, 6.07) is 0. The summed E-state index contributed by atoms with van der Waals surface area (Å²) in [5.74, 6) is -2.91. The first-order chi connectivity index (χ1) is 11.4. The highest BCUT2D eigenvalue weighted by Gasteiger charge is 2.51. The summed E-state index contributed by atoms with van der Waals surface area (Å²) in [5, 5.41) is 34.3. The van der Waals surface area contributed by atoms with Crippen molar-refractivity contribution in [3.63, 3.8) is 0 Å². The molecule has 3 unspecified atom stereocenters. The van der Waals surface area contributed by atoms with Crippen molar-refractivity contribution in [2.75, 3.05) is 0 Å². The van der Waals surface area contributed by atoms with Crippen LogP contribution in [0.3, 0.4) is 0 Å². The third-order valence-corrected chi connectivity index (χ3v) is 5.00. The van der Waals surface area contributed by atoms with E-state index in [2.05, 4.69) is 0 Å². The van der Waals surface area contributed by atoms with Crippen molar-refractivity contribution >= 4 is 11.6 Å². The van der Waals surface area contributed by atoms with Crippen molar-refractivity contribution in [1.82, 2.24) is 0 Å². The van der Waals surface area contributed by atoms with Crippen molar-refractivity contribution in [2.24, 2.45) is 23.7 Å². The van der Waals surface area contributed by atoms with Gasteiger partial charge in [-0.15, -0.1) is 0 Å². The molecular formula is C20H33O5-. The molecule has 0 spiro atoms. The topological polar surface area (TPSA) is 97.7 Å². The average Bonchev–Trinajstić information content (AvgIpc) is 2.69. The Morgan fingerprint density at radius 1 is 1.12 bits per heavy atom. The van der Waals surface area contributed by atoms with Gasteiger partial charge in [-0.3, -0.25) is 4.79 Å². The Morgan fingerprint density at radius 3 is 2.08 bits per heavy atom. The second-order valence-electron chi connectivity index (χ2n) is 8.43. The Hall–Kier alpha value is -1.20. The van der Waals surface area contributed by atoms with Gasteiger partial charge in [-0.05, 0) is 30.6 Å². The van der Waals surface area contributed by atoms with E-state index in [-0.39, 0.29) is 36.2 Å². The second kappa shape index (κ2) is 8.45. The van der Waals surface area contributed by atoms with Gasteiger partial charge in [-0.25, -0.2) is 0 Å². The van der Waals surface area contributed by atoms with Crippen LogP contribution in [0.15, 0.2) is 11.3 Å². The normalized spacial score (nSPS) is 25.6. The summed E-state index contributed by atoms with van der Waals surface area (Å²) in [5.41, 5.74) is -2.71. The molecule has 0 aromatic rings. The lowest BCUT2D eigenvalue weighted by Gasteiger charge is -2.40. The SMILES string of the molecule is CC(C)CCC(=O)C1([O-])C(O)=C(C(O)C(C)C)C(=O)C1CCC(C)C. The molecule has 25 heavy (non-hydrogen) atoms. The van der Waals surface area contributed by atoms with E-state index < -0.39 is 34.9 Å². The number of aliphatic hydroxyl groups excluding tert-OH is 2. The van der Waals surface area contributed by atoms with Gasteiger partial charge in [0.15, 0.2) is 5.78 Å². The highest BCUT2D eigenvalue weighted by atomic mass is 16.4. The van der Waals surface area contributed by atoms with Gasteiger partial charge in [-0.1, -0.05) is 48.0 Å². The van der Waals surface area contributed by atoms with Crippen molar-refractivity contribution in [3.8, 4) is 0 Å². The molecule has 1 aliphatic rings. The van der Waals surface area contributed by atoms with Gasteiger partial charge in [0.05, 0.1) is 17.4 Å². The minimum absolute atomic E-state index is 0.0295. The Kier molecular flexibility index (Phi) is 7.39. The summed E-state index contributed by atoms with van der Waals surface area (Å²) < 4.78 is 0. The first kappa shape index (κ1) is 21.8. The molecular weight excluding hydrogens is 320 g/mol. The molecule has 0 aliphatic heterocycles. The third kappa shape index (κ3) is 4.50. The minimum atomic E-state index is -2.45. The molecule has 0 heterocycles. The zero-order valence-electron chi connectivity index (χ0n) is 16.3. The predicted octanol–water partition coefficient (Wildman–Crippen LogP) is 2.55. The highest BCUT2D eigenvalue weighted by molar-refractivity contribution is 6.09. The third-order valence-electron chi connectivity index (χ3n) is 5.00. The molecule has 0 radical (unpaired) electrons. The van der Waals surface area contributed by atoms with Gasteiger partial charge in [0.2, 0.25) is 0 Å². The molecule has 0 aromatic heterocycles. The van der Waals surface area contributed by atoms with Crippen molar-refractivity contribution in [1.29, 1.82) is 0 Å². The number of aliphatic hydroxyl groups is 2. The molecule has 0 saturated heterocycles. The van der Waals surface area contributed by atoms with E-state index in [1.165, 1.54) is 0 Å². The van der Waals surface area contributed by atoms with Gasteiger partial charge in [0.1, 0.15) is 5.78 Å². The molecule has 2 N–H and O–H groups in total. The van der Waals surface area contributed by atoms with Gasteiger partial charge in [0, 0.05) is 17.9 Å². The first-order valence-electron chi connectivity index (χ1n) is 9.34. The fraction of sp³-hybridized carbons (Fsp3) is 0.800. The first-order valence-corrected chi connectivity index (χ1v) is 9.34. The summed E-state index contributed by atoms with van der Waals surface area (Å²) in [7, 11) is 0. The van der Waals surface area contributed by atoms with Gasteiger partial charge >= 0.3 is 0 Å².